The molecule has 0 radical (unpaired) electrons. The van der Waals surface area contributed by atoms with Gasteiger partial charge in [0.15, 0.2) is 0 Å². The van der Waals surface area contributed by atoms with Crippen molar-refractivity contribution in [2.45, 2.75) is 19.6 Å². The molecule has 2 rings (SSSR count). The lowest BCUT2D eigenvalue weighted by Gasteiger charge is -2.13. The van der Waals surface area contributed by atoms with E-state index in [1.807, 2.05) is 20.2 Å². The van der Waals surface area contributed by atoms with Crippen molar-refractivity contribution in [2.75, 3.05) is 0 Å². The zero-order valence-electron chi connectivity index (χ0n) is 10.4. The van der Waals surface area contributed by atoms with Crippen LogP contribution in [0.15, 0.2) is 30.6 Å². The van der Waals surface area contributed by atoms with E-state index in [0.29, 0.717) is 12.4 Å². The summed E-state index contributed by atoms with van der Waals surface area (Å²) < 4.78 is 20.5. The van der Waals surface area contributed by atoms with Crippen LogP contribution in [-0.2, 0) is 13.7 Å². The molecular weight excluding hydrogens is 233 g/mol. The summed E-state index contributed by atoms with van der Waals surface area (Å²) in [5, 5.41) is 4.04. The van der Waals surface area contributed by atoms with Gasteiger partial charge >= 0.3 is 0 Å². The van der Waals surface area contributed by atoms with E-state index in [0.717, 1.165) is 11.1 Å². The van der Waals surface area contributed by atoms with Crippen molar-refractivity contribution in [1.82, 2.24) is 9.78 Å². The minimum absolute atomic E-state index is 0.200. The molecule has 1 unspecified atom stereocenters. The Morgan fingerprint density at radius 2 is 2.28 bits per heavy atom. The zero-order valence-corrected chi connectivity index (χ0v) is 10.4. The number of aromatic nitrogens is 2. The third-order valence-electron chi connectivity index (χ3n) is 2.62. The molecule has 0 fully saturated rings. The molecular formula is C13H16FN3O. The van der Waals surface area contributed by atoms with Crippen molar-refractivity contribution in [3.8, 4) is 5.75 Å². The molecule has 1 heterocycles. The normalized spacial score (nSPS) is 12.4. The van der Waals surface area contributed by atoms with Crippen molar-refractivity contribution >= 4 is 0 Å². The Hall–Kier alpha value is -1.88. The molecule has 0 aliphatic heterocycles. The molecule has 0 bridgehead atoms. The molecule has 1 aromatic carbocycles. The van der Waals surface area contributed by atoms with Gasteiger partial charge in [0.1, 0.15) is 18.2 Å². The van der Waals surface area contributed by atoms with Crippen molar-refractivity contribution < 1.29 is 9.13 Å². The van der Waals surface area contributed by atoms with Gasteiger partial charge < -0.3 is 10.5 Å². The van der Waals surface area contributed by atoms with Crippen molar-refractivity contribution in [2.24, 2.45) is 12.8 Å². The third-order valence-corrected chi connectivity index (χ3v) is 2.62. The van der Waals surface area contributed by atoms with Gasteiger partial charge in [0.2, 0.25) is 0 Å². The van der Waals surface area contributed by atoms with E-state index in [1.54, 1.807) is 16.9 Å². The van der Waals surface area contributed by atoms with E-state index in [9.17, 15) is 4.39 Å². The number of halogens is 1. The van der Waals surface area contributed by atoms with Crippen LogP contribution in [0.2, 0.25) is 0 Å². The van der Waals surface area contributed by atoms with E-state index >= 15 is 0 Å². The van der Waals surface area contributed by atoms with Crippen molar-refractivity contribution in [3.63, 3.8) is 0 Å². The van der Waals surface area contributed by atoms with Gasteiger partial charge in [0.05, 0.1) is 6.20 Å². The lowest BCUT2D eigenvalue weighted by Crippen LogP contribution is -2.08. The first kappa shape index (κ1) is 12.6. The number of rotatable bonds is 4. The Kier molecular flexibility index (Phi) is 3.62. The first-order valence-corrected chi connectivity index (χ1v) is 5.71. The summed E-state index contributed by atoms with van der Waals surface area (Å²) in [6.45, 7) is 2.18. The van der Waals surface area contributed by atoms with Gasteiger partial charge in [-0.05, 0) is 13.0 Å². The van der Waals surface area contributed by atoms with Crippen LogP contribution in [0.3, 0.4) is 0 Å². The Labute approximate surface area is 105 Å². The van der Waals surface area contributed by atoms with Crippen molar-refractivity contribution in [1.29, 1.82) is 0 Å². The largest absolute Gasteiger partial charge is 0.488 e. The van der Waals surface area contributed by atoms with Crippen LogP contribution in [0.4, 0.5) is 4.39 Å². The Morgan fingerprint density at radius 3 is 2.89 bits per heavy atom. The minimum Gasteiger partial charge on any atom is -0.488 e. The second-order valence-electron chi connectivity index (χ2n) is 4.28. The summed E-state index contributed by atoms with van der Waals surface area (Å²) in [5.74, 6) is 0.148. The van der Waals surface area contributed by atoms with Crippen molar-refractivity contribution in [3.05, 3.63) is 47.5 Å². The number of benzene rings is 1. The molecule has 0 amide bonds. The molecule has 1 aromatic heterocycles. The van der Waals surface area contributed by atoms with E-state index in [2.05, 4.69) is 5.10 Å². The summed E-state index contributed by atoms with van der Waals surface area (Å²) in [7, 11) is 1.83. The SMILES string of the molecule is CC(N)c1ccc(F)cc1OCc1cnn(C)c1. The van der Waals surface area contributed by atoms with E-state index in [1.165, 1.54) is 12.1 Å². The average Bonchev–Trinajstić information content (AvgIpc) is 2.72. The van der Waals surface area contributed by atoms with Crippen LogP contribution < -0.4 is 10.5 Å². The second kappa shape index (κ2) is 5.18. The second-order valence-corrected chi connectivity index (χ2v) is 4.28. The predicted molar refractivity (Wildman–Crippen MR) is 66.5 cm³/mol. The maximum atomic E-state index is 13.2. The van der Waals surface area contributed by atoms with Gasteiger partial charge in [-0.2, -0.15) is 5.10 Å². The first-order chi connectivity index (χ1) is 8.56. The van der Waals surface area contributed by atoms with Gasteiger partial charge in [0.25, 0.3) is 0 Å². The molecule has 2 aromatic rings. The van der Waals surface area contributed by atoms with Gasteiger partial charge in [-0.1, -0.05) is 6.07 Å². The van der Waals surface area contributed by atoms with Crippen LogP contribution in [-0.4, -0.2) is 9.78 Å². The Morgan fingerprint density at radius 1 is 1.50 bits per heavy atom. The molecule has 4 nitrogen and oxygen atoms in total. The van der Waals surface area contributed by atoms with Gasteiger partial charge in [-0.25, -0.2) is 4.39 Å². The molecule has 2 N–H and O–H groups in total. The number of hydrogen-bond donors (Lipinski definition) is 1. The monoisotopic (exact) mass is 249 g/mol. The van der Waals surface area contributed by atoms with Gasteiger partial charge in [-0.3, -0.25) is 4.68 Å². The highest BCUT2D eigenvalue weighted by molar-refractivity contribution is 5.36. The number of nitrogens with zero attached hydrogens (tertiary/aromatic N) is 2. The lowest BCUT2D eigenvalue weighted by atomic mass is 10.1. The fourth-order valence-corrected chi connectivity index (χ4v) is 1.72. The molecule has 0 aliphatic carbocycles. The fraction of sp³-hybridized carbons (Fsp3) is 0.308. The van der Waals surface area contributed by atoms with Crippen LogP contribution in [0, 0.1) is 5.82 Å². The summed E-state index contributed by atoms with van der Waals surface area (Å²) >= 11 is 0. The first-order valence-electron chi connectivity index (χ1n) is 5.71. The molecule has 0 aliphatic rings. The summed E-state index contributed by atoms with van der Waals surface area (Å²) in [6.07, 6.45) is 3.57. The molecule has 0 spiro atoms. The standard InChI is InChI=1S/C13H16FN3O/c1-9(15)12-4-3-11(14)5-13(12)18-8-10-6-16-17(2)7-10/h3-7,9H,8,15H2,1-2H3. The molecule has 0 saturated carbocycles. The van der Waals surface area contributed by atoms with Gasteiger partial charge in [0, 0.05) is 36.5 Å². The number of aryl methyl sites for hydroxylation is 1. The Balaban J connectivity index is 2.15. The molecule has 0 saturated heterocycles. The zero-order chi connectivity index (χ0) is 13.1. The highest BCUT2D eigenvalue weighted by atomic mass is 19.1. The molecule has 96 valence electrons. The van der Waals surface area contributed by atoms with Crippen LogP contribution in [0.5, 0.6) is 5.75 Å². The number of nitrogens with two attached hydrogens (primary N) is 1. The lowest BCUT2D eigenvalue weighted by molar-refractivity contribution is 0.299. The quantitative estimate of drug-likeness (QED) is 0.903. The van der Waals surface area contributed by atoms with Crippen LogP contribution in [0.1, 0.15) is 24.1 Å². The highest BCUT2D eigenvalue weighted by Gasteiger charge is 2.10. The fourth-order valence-electron chi connectivity index (χ4n) is 1.72. The topological polar surface area (TPSA) is 53.1 Å². The average molecular weight is 249 g/mol. The summed E-state index contributed by atoms with van der Waals surface area (Å²) in [4.78, 5) is 0. The van der Waals surface area contributed by atoms with Crippen LogP contribution in [0.25, 0.3) is 0 Å². The maximum absolute atomic E-state index is 13.2. The minimum atomic E-state index is -0.333. The number of hydrogen-bond acceptors (Lipinski definition) is 3. The highest BCUT2D eigenvalue weighted by Crippen LogP contribution is 2.25. The summed E-state index contributed by atoms with van der Waals surface area (Å²) in [5.41, 5.74) is 7.54. The summed E-state index contributed by atoms with van der Waals surface area (Å²) in [6, 6.07) is 4.19. The van der Waals surface area contributed by atoms with Gasteiger partial charge in [-0.15, -0.1) is 0 Å². The van der Waals surface area contributed by atoms with E-state index in [-0.39, 0.29) is 11.9 Å². The molecule has 1 atom stereocenters. The number of ether oxygens (including phenoxy) is 1. The smallest absolute Gasteiger partial charge is 0.127 e. The molecule has 18 heavy (non-hydrogen) atoms. The predicted octanol–water partition coefficient (Wildman–Crippen LogP) is 2.16. The van der Waals surface area contributed by atoms with E-state index < -0.39 is 0 Å². The van der Waals surface area contributed by atoms with E-state index in [4.69, 9.17) is 10.5 Å². The maximum Gasteiger partial charge on any atom is 0.127 e. The van der Waals surface area contributed by atoms with Crippen LogP contribution >= 0.6 is 0 Å². The Bertz CT molecular complexity index is 537. The molecule has 5 heteroatoms. The third kappa shape index (κ3) is 2.87.